The predicted octanol–water partition coefficient (Wildman–Crippen LogP) is 12.2. The zero-order valence-electron chi connectivity index (χ0n) is 23.9. The molecule has 0 aliphatic carbocycles. The summed E-state index contributed by atoms with van der Waals surface area (Å²) in [6.45, 7) is 0. The summed E-state index contributed by atoms with van der Waals surface area (Å²) in [4.78, 5) is 2.39. The number of hydrogen-bond donors (Lipinski definition) is 0. The van der Waals surface area contributed by atoms with Crippen LogP contribution in [-0.4, -0.2) is 0 Å². The summed E-state index contributed by atoms with van der Waals surface area (Å²) < 4.78 is 6.39. The Hall–Kier alpha value is -5.86. The lowest BCUT2D eigenvalue weighted by Gasteiger charge is -2.28. The van der Waals surface area contributed by atoms with Crippen molar-refractivity contribution in [2.24, 2.45) is 0 Å². The van der Waals surface area contributed by atoms with Crippen molar-refractivity contribution >= 4 is 71.3 Å². The van der Waals surface area contributed by atoms with Gasteiger partial charge in [0.05, 0.1) is 5.69 Å². The molecule has 0 unspecified atom stereocenters. The van der Waals surface area contributed by atoms with Gasteiger partial charge in [-0.25, -0.2) is 0 Å². The number of furan rings is 1. The third kappa shape index (κ3) is 3.96. The van der Waals surface area contributed by atoms with Crippen LogP contribution < -0.4 is 4.90 Å². The maximum Gasteiger partial charge on any atom is 0.136 e. The Labute approximate surface area is 255 Å². The summed E-state index contributed by atoms with van der Waals surface area (Å²) in [7, 11) is 0. The van der Waals surface area contributed by atoms with E-state index in [9.17, 15) is 0 Å². The van der Waals surface area contributed by atoms with Crippen molar-refractivity contribution in [3.8, 4) is 11.1 Å². The van der Waals surface area contributed by atoms with Gasteiger partial charge in [0, 0.05) is 27.7 Å². The minimum absolute atomic E-state index is 0.889. The quantitative estimate of drug-likeness (QED) is 0.212. The molecule has 1 aromatic heterocycles. The summed E-state index contributed by atoms with van der Waals surface area (Å²) in [5.74, 6) is 0. The van der Waals surface area contributed by atoms with E-state index < -0.39 is 0 Å². The van der Waals surface area contributed by atoms with Crippen LogP contribution in [0.25, 0.3) is 65.4 Å². The second kappa shape index (κ2) is 9.86. The Bertz CT molecular complexity index is 2520. The predicted molar refractivity (Wildman–Crippen MR) is 186 cm³/mol. The van der Waals surface area contributed by atoms with Crippen LogP contribution in [0.4, 0.5) is 17.1 Å². The van der Waals surface area contributed by atoms with Crippen LogP contribution in [0.3, 0.4) is 0 Å². The molecule has 2 nitrogen and oxygen atoms in total. The zero-order chi connectivity index (χ0) is 29.0. The van der Waals surface area contributed by atoms with Crippen molar-refractivity contribution in [1.82, 2.24) is 0 Å². The Morgan fingerprint density at radius 3 is 1.80 bits per heavy atom. The van der Waals surface area contributed by atoms with Crippen molar-refractivity contribution in [1.29, 1.82) is 0 Å². The molecular formula is C42H27NO. The molecule has 44 heavy (non-hydrogen) atoms. The summed E-state index contributed by atoms with van der Waals surface area (Å²) in [5.41, 5.74) is 7.50. The van der Waals surface area contributed by atoms with E-state index in [4.69, 9.17) is 4.42 Å². The second-order valence-corrected chi connectivity index (χ2v) is 11.4. The van der Waals surface area contributed by atoms with Gasteiger partial charge in [0.2, 0.25) is 0 Å². The molecule has 0 aliphatic heterocycles. The molecule has 0 bridgehead atoms. The van der Waals surface area contributed by atoms with Crippen LogP contribution in [0.5, 0.6) is 0 Å². The second-order valence-electron chi connectivity index (χ2n) is 11.4. The molecule has 9 rings (SSSR count). The van der Waals surface area contributed by atoms with Crippen molar-refractivity contribution in [2.45, 2.75) is 0 Å². The topological polar surface area (TPSA) is 16.4 Å². The fourth-order valence-electron chi connectivity index (χ4n) is 6.69. The number of nitrogens with zero attached hydrogens (tertiary/aromatic N) is 1. The van der Waals surface area contributed by atoms with Gasteiger partial charge in [-0.3, -0.25) is 0 Å². The van der Waals surface area contributed by atoms with Crippen molar-refractivity contribution in [3.05, 3.63) is 164 Å². The highest BCUT2D eigenvalue weighted by atomic mass is 16.3. The first-order chi connectivity index (χ1) is 21.8. The molecule has 8 aromatic carbocycles. The number of fused-ring (bicyclic) bond motifs is 6. The van der Waals surface area contributed by atoms with Crippen molar-refractivity contribution < 1.29 is 4.42 Å². The van der Waals surface area contributed by atoms with Gasteiger partial charge in [0.1, 0.15) is 11.2 Å². The summed E-state index contributed by atoms with van der Waals surface area (Å²) in [6.07, 6.45) is 0. The molecule has 0 fully saturated rings. The molecule has 0 amide bonds. The Balaban J connectivity index is 1.32. The minimum Gasteiger partial charge on any atom is -0.456 e. The van der Waals surface area contributed by atoms with E-state index in [1.807, 2.05) is 0 Å². The van der Waals surface area contributed by atoms with Gasteiger partial charge in [-0.15, -0.1) is 0 Å². The van der Waals surface area contributed by atoms with Crippen LogP contribution in [0.1, 0.15) is 0 Å². The molecule has 0 N–H and O–H groups in total. The summed E-state index contributed by atoms with van der Waals surface area (Å²) >= 11 is 0. The SMILES string of the molecule is c1ccc(N(c2ccc3ccccc3c2)c2ccc3oc4cc5ccccc5cc4c3c2)c(-c2cccc3ccccc23)c1. The van der Waals surface area contributed by atoms with Gasteiger partial charge in [-0.05, 0) is 86.4 Å². The lowest BCUT2D eigenvalue weighted by Crippen LogP contribution is -2.11. The molecule has 0 radical (unpaired) electrons. The first kappa shape index (κ1) is 24.7. The molecule has 0 aliphatic rings. The molecule has 0 spiro atoms. The van der Waals surface area contributed by atoms with E-state index >= 15 is 0 Å². The maximum absolute atomic E-state index is 6.39. The van der Waals surface area contributed by atoms with E-state index in [-0.39, 0.29) is 0 Å². The van der Waals surface area contributed by atoms with Crippen molar-refractivity contribution in [3.63, 3.8) is 0 Å². The van der Waals surface area contributed by atoms with Crippen LogP contribution in [0.2, 0.25) is 0 Å². The Morgan fingerprint density at radius 1 is 0.341 bits per heavy atom. The third-order valence-electron chi connectivity index (χ3n) is 8.80. The average Bonchev–Trinajstić information content (AvgIpc) is 3.44. The monoisotopic (exact) mass is 561 g/mol. The van der Waals surface area contributed by atoms with Gasteiger partial charge < -0.3 is 9.32 Å². The third-order valence-corrected chi connectivity index (χ3v) is 8.80. The first-order valence-electron chi connectivity index (χ1n) is 15.0. The van der Waals surface area contributed by atoms with Gasteiger partial charge in [-0.2, -0.15) is 0 Å². The minimum atomic E-state index is 0.889. The zero-order valence-corrected chi connectivity index (χ0v) is 23.9. The summed E-state index contributed by atoms with van der Waals surface area (Å²) in [5, 5.41) is 9.53. The normalized spacial score (nSPS) is 11.6. The van der Waals surface area contributed by atoms with Crippen LogP contribution in [0, 0.1) is 0 Å². The molecule has 0 atom stereocenters. The molecule has 9 aromatic rings. The van der Waals surface area contributed by atoms with Gasteiger partial charge in [0.25, 0.3) is 0 Å². The van der Waals surface area contributed by atoms with E-state index in [2.05, 4.69) is 169 Å². The van der Waals surface area contributed by atoms with E-state index in [0.29, 0.717) is 0 Å². The highest BCUT2D eigenvalue weighted by molar-refractivity contribution is 6.11. The number of benzene rings is 8. The number of para-hydroxylation sites is 1. The van der Waals surface area contributed by atoms with Crippen LogP contribution in [0.15, 0.2) is 168 Å². The van der Waals surface area contributed by atoms with Gasteiger partial charge >= 0.3 is 0 Å². The molecule has 1 heterocycles. The lowest BCUT2D eigenvalue weighted by molar-refractivity contribution is 0.669. The maximum atomic E-state index is 6.39. The fourth-order valence-corrected chi connectivity index (χ4v) is 6.69. The number of hydrogen-bond acceptors (Lipinski definition) is 2. The Kier molecular flexibility index (Phi) is 5.54. The lowest BCUT2D eigenvalue weighted by atomic mass is 9.96. The average molecular weight is 562 g/mol. The van der Waals surface area contributed by atoms with Gasteiger partial charge in [0.15, 0.2) is 0 Å². The van der Waals surface area contributed by atoms with Gasteiger partial charge in [-0.1, -0.05) is 115 Å². The van der Waals surface area contributed by atoms with E-state index in [0.717, 1.165) is 39.0 Å². The molecule has 0 saturated carbocycles. The highest BCUT2D eigenvalue weighted by Crippen LogP contribution is 2.44. The summed E-state index contributed by atoms with van der Waals surface area (Å²) in [6, 6.07) is 58.7. The standard InChI is InChI=1S/C42H27NO/c1-2-12-30-24-33(21-20-28(30)10-1)43(40-19-8-7-17-37(40)36-18-9-15-29-11-5-6-16-35(29)36)34-22-23-41-39(27-34)38-25-31-13-3-4-14-32(31)26-42(38)44-41/h1-27H. The fraction of sp³-hybridized carbons (Fsp3) is 0. The first-order valence-corrected chi connectivity index (χ1v) is 15.0. The van der Waals surface area contributed by atoms with E-state index in [1.165, 1.54) is 43.4 Å². The number of anilines is 3. The molecule has 0 saturated heterocycles. The highest BCUT2D eigenvalue weighted by Gasteiger charge is 2.20. The number of rotatable bonds is 4. The van der Waals surface area contributed by atoms with Crippen molar-refractivity contribution in [2.75, 3.05) is 4.90 Å². The largest absolute Gasteiger partial charge is 0.456 e. The van der Waals surface area contributed by atoms with Crippen LogP contribution >= 0.6 is 0 Å². The van der Waals surface area contributed by atoms with Crippen LogP contribution in [-0.2, 0) is 0 Å². The molecule has 2 heteroatoms. The van der Waals surface area contributed by atoms with E-state index in [1.54, 1.807) is 0 Å². The smallest absolute Gasteiger partial charge is 0.136 e. The molecular weight excluding hydrogens is 534 g/mol. The molecule has 206 valence electrons. The Morgan fingerprint density at radius 2 is 0.932 bits per heavy atom.